The van der Waals surface area contributed by atoms with E-state index in [4.69, 9.17) is 26.4 Å². The molecule has 0 atom stereocenters. The maximum absolute atomic E-state index is 12.6. The molecule has 0 aliphatic carbocycles. The lowest BCUT2D eigenvalue weighted by Crippen LogP contribution is -2.38. The van der Waals surface area contributed by atoms with Crippen LogP contribution in [0.4, 0.5) is 11.4 Å². The third-order valence-corrected chi connectivity index (χ3v) is 5.33. The Hall–Kier alpha value is -3.17. The molecule has 0 spiro atoms. The summed E-state index contributed by atoms with van der Waals surface area (Å²) in [6, 6.07) is 12.1. The van der Waals surface area contributed by atoms with Crippen molar-refractivity contribution in [2.45, 2.75) is 19.8 Å². The highest BCUT2D eigenvalue weighted by atomic mass is 32.1. The van der Waals surface area contributed by atoms with E-state index in [1.165, 1.54) is 7.11 Å². The van der Waals surface area contributed by atoms with Crippen LogP contribution in [0.2, 0.25) is 0 Å². The summed E-state index contributed by atoms with van der Waals surface area (Å²) in [6.07, 6.45) is 2.03. The minimum absolute atomic E-state index is 0.125. The molecular formula is C24H29N3O5S. The van der Waals surface area contributed by atoms with Gasteiger partial charge in [0.05, 0.1) is 43.9 Å². The number of morpholine rings is 1. The normalized spacial score (nSPS) is 13.2. The van der Waals surface area contributed by atoms with Gasteiger partial charge in [0.1, 0.15) is 5.75 Å². The van der Waals surface area contributed by atoms with E-state index in [-0.39, 0.29) is 11.0 Å². The molecule has 176 valence electrons. The molecule has 0 bridgehead atoms. The van der Waals surface area contributed by atoms with Crippen molar-refractivity contribution < 1.29 is 23.8 Å². The Labute approximate surface area is 199 Å². The molecule has 1 aliphatic heterocycles. The van der Waals surface area contributed by atoms with Crippen LogP contribution in [0.1, 0.15) is 40.5 Å². The first-order chi connectivity index (χ1) is 16.0. The van der Waals surface area contributed by atoms with Crippen LogP contribution in [0.5, 0.6) is 5.75 Å². The van der Waals surface area contributed by atoms with E-state index in [1.807, 2.05) is 6.07 Å². The summed E-state index contributed by atoms with van der Waals surface area (Å²) >= 11 is 5.38. The van der Waals surface area contributed by atoms with Crippen molar-refractivity contribution in [3.63, 3.8) is 0 Å². The van der Waals surface area contributed by atoms with Crippen LogP contribution >= 0.6 is 12.2 Å². The SMILES string of the molecule is CCCCOc1ccc(C(=O)NC(=S)Nc2cc(C(=O)OC)ccc2N2CCOCC2)cc1. The molecule has 33 heavy (non-hydrogen) atoms. The lowest BCUT2D eigenvalue weighted by molar-refractivity contribution is 0.0600. The lowest BCUT2D eigenvalue weighted by atomic mass is 10.1. The number of methoxy groups -OCH3 is 1. The molecule has 2 aromatic carbocycles. The minimum Gasteiger partial charge on any atom is -0.494 e. The summed E-state index contributed by atoms with van der Waals surface area (Å²) in [6.45, 7) is 5.38. The molecule has 1 fully saturated rings. The average molecular weight is 472 g/mol. The molecule has 1 aliphatic rings. The number of hydrogen-bond acceptors (Lipinski definition) is 7. The second-order valence-electron chi connectivity index (χ2n) is 7.46. The number of thiocarbonyl (C=S) groups is 1. The van der Waals surface area contributed by atoms with E-state index in [0.717, 1.165) is 24.3 Å². The van der Waals surface area contributed by atoms with Gasteiger partial charge in [-0.2, -0.15) is 0 Å². The summed E-state index contributed by atoms with van der Waals surface area (Å²) in [5, 5.41) is 5.87. The monoisotopic (exact) mass is 471 g/mol. The Morgan fingerprint density at radius 1 is 1.09 bits per heavy atom. The number of unbranched alkanes of at least 4 members (excludes halogenated alkanes) is 1. The van der Waals surface area contributed by atoms with Gasteiger partial charge in [-0.3, -0.25) is 10.1 Å². The Kier molecular flexibility index (Phi) is 9.03. The number of carbonyl (C=O) groups is 2. The average Bonchev–Trinajstić information content (AvgIpc) is 2.84. The largest absolute Gasteiger partial charge is 0.494 e. The van der Waals surface area contributed by atoms with Gasteiger partial charge in [0, 0.05) is 18.7 Å². The van der Waals surface area contributed by atoms with E-state index in [9.17, 15) is 9.59 Å². The zero-order chi connectivity index (χ0) is 23.6. The Morgan fingerprint density at radius 3 is 2.45 bits per heavy atom. The van der Waals surface area contributed by atoms with Crippen molar-refractivity contribution in [1.29, 1.82) is 0 Å². The molecule has 0 unspecified atom stereocenters. The summed E-state index contributed by atoms with van der Waals surface area (Å²) in [5.41, 5.74) is 2.30. The highest BCUT2D eigenvalue weighted by Crippen LogP contribution is 2.28. The number of ether oxygens (including phenoxy) is 3. The van der Waals surface area contributed by atoms with E-state index in [2.05, 4.69) is 22.5 Å². The zero-order valence-electron chi connectivity index (χ0n) is 18.9. The van der Waals surface area contributed by atoms with Gasteiger partial charge in [-0.15, -0.1) is 0 Å². The quantitative estimate of drug-likeness (QED) is 0.343. The van der Waals surface area contributed by atoms with Crippen molar-refractivity contribution in [2.75, 3.05) is 50.2 Å². The second kappa shape index (κ2) is 12.2. The smallest absolute Gasteiger partial charge is 0.337 e. The molecule has 8 nitrogen and oxygen atoms in total. The number of carbonyl (C=O) groups excluding carboxylic acids is 2. The highest BCUT2D eigenvalue weighted by Gasteiger charge is 2.18. The number of hydrogen-bond donors (Lipinski definition) is 2. The highest BCUT2D eigenvalue weighted by molar-refractivity contribution is 7.80. The maximum Gasteiger partial charge on any atom is 0.337 e. The first kappa shape index (κ1) is 24.5. The second-order valence-corrected chi connectivity index (χ2v) is 7.87. The molecule has 1 heterocycles. The number of benzene rings is 2. The number of amides is 1. The zero-order valence-corrected chi connectivity index (χ0v) is 19.7. The summed E-state index contributed by atoms with van der Waals surface area (Å²) < 4.78 is 15.9. The van der Waals surface area contributed by atoms with Crippen LogP contribution in [0.3, 0.4) is 0 Å². The predicted molar refractivity (Wildman–Crippen MR) is 131 cm³/mol. The predicted octanol–water partition coefficient (Wildman–Crippen LogP) is 3.62. The van der Waals surface area contributed by atoms with Gasteiger partial charge in [-0.1, -0.05) is 13.3 Å². The van der Waals surface area contributed by atoms with Gasteiger partial charge in [0.2, 0.25) is 0 Å². The van der Waals surface area contributed by atoms with E-state index in [1.54, 1.807) is 36.4 Å². The van der Waals surface area contributed by atoms with Crippen molar-refractivity contribution in [1.82, 2.24) is 5.32 Å². The molecule has 2 N–H and O–H groups in total. The van der Waals surface area contributed by atoms with Crippen LogP contribution in [0, 0.1) is 0 Å². The first-order valence-corrected chi connectivity index (χ1v) is 11.3. The molecule has 0 saturated carbocycles. The summed E-state index contributed by atoms with van der Waals surface area (Å²) in [5.74, 6) is -0.0806. The number of nitrogens with one attached hydrogen (secondary N) is 2. The number of esters is 1. The molecule has 9 heteroatoms. The molecule has 0 radical (unpaired) electrons. The number of nitrogens with zero attached hydrogens (tertiary/aromatic N) is 1. The molecular weight excluding hydrogens is 442 g/mol. The Morgan fingerprint density at radius 2 is 1.79 bits per heavy atom. The van der Waals surface area contributed by atoms with Crippen molar-refractivity contribution in [3.05, 3.63) is 53.6 Å². The van der Waals surface area contributed by atoms with Gasteiger partial charge >= 0.3 is 5.97 Å². The lowest BCUT2D eigenvalue weighted by Gasteiger charge is -2.31. The fourth-order valence-electron chi connectivity index (χ4n) is 3.33. The molecule has 1 amide bonds. The fraction of sp³-hybridized carbons (Fsp3) is 0.375. The third kappa shape index (κ3) is 6.90. The van der Waals surface area contributed by atoms with E-state index < -0.39 is 5.97 Å². The fourth-order valence-corrected chi connectivity index (χ4v) is 3.53. The number of anilines is 2. The number of rotatable bonds is 8. The third-order valence-electron chi connectivity index (χ3n) is 5.13. The van der Waals surface area contributed by atoms with Crippen molar-refractivity contribution in [2.24, 2.45) is 0 Å². The van der Waals surface area contributed by atoms with Crippen molar-refractivity contribution in [3.8, 4) is 5.75 Å². The molecule has 2 aromatic rings. The maximum atomic E-state index is 12.6. The van der Waals surface area contributed by atoms with Gasteiger partial charge < -0.3 is 24.4 Å². The molecule has 1 saturated heterocycles. The van der Waals surface area contributed by atoms with Crippen molar-refractivity contribution >= 4 is 40.6 Å². The van der Waals surface area contributed by atoms with Crippen LogP contribution in [0.15, 0.2) is 42.5 Å². The van der Waals surface area contributed by atoms with Gasteiger partial charge in [0.15, 0.2) is 5.11 Å². The van der Waals surface area contributed by atoms with E-state index >= 15 is 0 Å². The first-order valence-electron chi connectivity index (χ1n) is 10.9. The topological polar surface area (TPSA) is 89.1 Å². The summed E-state index contributed by atoms with van der Waals surface area (Å²) in [7, 11) is 1.33. The molecule has 3 rings (SSSR count). The van der Waals surface area contributed by atoms with Gasteiger partial charge in [-0.05, 0) is 61.1 Å². The van der Waals surface area contributed by atoms with Crippen LogP contribution < -0.4 is 20.3 Å². The van der Waals surface area contributed by atoms with Crippen LogP contribution in [-0.2, 0) is 9.47 Å². The van der Waals surface area contributed by atoms with Crippen LogP contribution in [-0.4, -0.2) is 57.0 Å². The van der Waals surface area contributed by atoms with Gasteiger partial charge in [-0.25, -0.2) is 4.79 Å². The summed E-state index contributed by atoms with van der Waals surface area (Å²) in [4.78, 5) is 26.8. The Balaban J connectivity index is 1.69. The van der Waals surface area contributed by atoms with E-state index in [0.29, 0.717) is 49.7 Å². The molecule has 0 aromatic heterocycles. The van der Waals surface area contributed by atoms with Crippen LogP contribution in [0.25, 0.3) is 0 Å². The Bertz CT molecular complexity index is 975. The standard InChI is InChI=1S/C24H29N3O5S/c1-3-4-13-32-19-8-5-17(6-9-19)22(28)26-24(33)25-20-16-18(23(29)30-2)7-10-21(20)27-11-14-31-15-12-27/h5-10,16H,3-4,11-15H2,1-2H3,(H2,25,26,28,33). The van der Waals surface area contributed by atoms with Gasteiger partial charge in [0.25, 0.3) is 5.91 Å². The minimum atomic E-state index is -0.456.